The van der Waals surface area contributed by atoms with Gasteiger partial charge in [-0.25, -0.2) is 4.79 Å². The number of hydrogen-bond donors (Lipinski definition) is 2. The van der Waals surface area contributed by atoms with Crippen LogP contribution in [-0.4, -0.2) is 26.0 Å². The third kappa shape index (κ3) is 2.20. The van der Waals surface area contributed by atoms with Gasteiger partial charge in [0, 0.05) is 6.20 Å². The Morgan fingerprint density at radius 2 is 2.25 bits per heavy atom. The Balaban J connectivity index is 2.17. The molecule has 0 unspecified atom stereocenters. The maximum atomic E-state index is 10.6. The van der Waals surface area contributed by atoms with Crippen LogP contribution in [0.3, 0.4) is 0 Å². The largest absolute Gasteiger partial charge is 0.508 e. The molecule has 0 amide bonds. The van der Waals surface area contributed by atoms with Crippen molar-refractivity contribution in [3.05, 3.63) is 47.8 Å². The van der Waals surface area contributed by atoms with E-state index in [1.807, 2.05) is 6.07 Å². The van der Waals surface area contributed by atoms with Crippen molar-refractivity contribution in [1.29, 1.82) is 0 Å². The number of hydrogen-bond acceptors (Lipinski definition) is 3. The molecular formula is C11H10N2O3. The molecule has 0 saturated heterocycles. The Morgan fingerprint density at radius 3 is 2.88 bits per heavy atom. The lowest BCUT2D eigenvalue weighted by atomic mass is 10.2. The topological polar surface area (TPSA) is 75.3 Å². The number of benzene rings is 1. The van der Waals surface area contributed by atoms with E-state index in [1.165, 1.54) is 17.1 Å². The van der Waals surface area contributed by atoms with Gasteiger partial charge in [0.25, 0.3) is 0 Å². The maximum absolute atomic E-state index is 10.6. The van der Waals surface area contributed by atoms with E-state index < -0.39 is 5.97 Å². The molecule has 5 heteroatoms. The number of aromatic carboxylic acids is 1. The van der Waals surface area contributed by atoms with Gasteiger partial charge in [-0.15, -0.1) is 0 Å². The zero-order valence-electron chi connectivity index (χ0n) is 8.37. The lowest BCUT2D eigenvalue weighted by molar-refractivity contribution is 0.0697. The zero-order chi connectivity index (χ0) is 11.5. The summed E-state index contributed by atoms with van der Waals surface area (Å²) in [5.41, 5.74) is 1.01. The molecule has 0 saturated carbocycles. The second-order valence-electron chi connectivity index (χ2n) is 3.40. The predicted octanol–water partition coefficient (Wildman–Crippen LogP) is 1.34. The van der Waals surface area contributed by atoms with Crippen LogP contribution in [0.4, 0.5) is 0 Å². The first-order valence-corrected chi connectivity index (χ1v) is 4.69. The molecule has 0 radical (unpaired) electrons. The molecular weight excluding hydrogens is 208 g/mol. The van der Waals surface area contributed by atoms with Crippen LogP contribution in [0, 0.1) is 0 Å². The van der Waals surface area contributed by atoms with Crippen molar-refractivity contribution in [3.8, 4) is 5.75 Å². The molecule has 0 spiro atoms. The standard InChI is InChI=1S/C11H10N2O3/c14-10-3-1-2-8(4-10)6-13-7-9(5-12-13)11(15)16/h1-5,7,14H,6H2,(H,15,16). The quantitative estimate of drug-likeness (QED) is 0.815. The first-order chi connectivity index (χ1) is 7.65. The first kappa shape index (κ1) is 10.2. The maximum Gasteiger partial charge on any atom is 0.338 e. The second kappa shape index (κ2) is 4.06. The molecule has 0 bridgehead atoms. The normalized spacial score (nSPS) is 10.2. The average molecular weight is 218 g/mol. The molecule has 0 aliphatic rings. The van der Waals surface area contributed by atoms with E-state index in [1.54, 1.807) is 18.2 Å². The van der Waals surface area contributed by atoms with E-state index >= 15 is 0 Å². The molecule has 1 aromatic carbocycles. The second-order valence-corrected chi connectivity index (χ2v) is 3.40. The fourth-order valence-electron chi connectivity index (χ4n) is 1.40. The Morgan fingerprint density at radius 1 is 1.44 bits per heavy atom. The Kier molecular flexibility index (Phi) is 2.59. The van der Waals surface area contributed by atoms with Crippen LogP contribution in [0.2, 0.25) is 0 Å². The van der Waals surface area contributed by atoms with Crippen molar-refractivity contribution < 1.29 is 15.0 Å². The van der Waals surface area contributed by atoms with E-state index in [-0.39, 0.29) is 11.3 Å². The van der Waals surface area contributed by atoms with Crippen molar-refractivity contribution in [2.24, 2.45) is 0 Å². The smallest absolute Gasteiger partial charge is 0.338 e. The number of phenolic OH excluding ortho intramolecular Hbond substituents is 1. The summed E-state index contributed by atoms with van der Waals surface area (Å²) in [6.45, 7) is 0.432. The summed E-state index contributed by atoms with van der Waals surface area (Å²) < 4.78 is 1.51. The number of carbonyl (C=O) groups is 1. The van der Waals surface area contributed by atoms with Gasteiger partial charge >= 0.3 is 5.97 Å². The number of nitrogens with zero attached hydrogens (tertiary/aromatic N) is 2. The average Bonchev–Trinajstić information content (AvgIpc) is 2.66. The van der Waals surface area contributed by atoms with Crippen LogP contribution in [0.5, 0.6) is 5.75 Å². The lowest BCUT2D eigenvalue weighted by Crippen LogP contribution is -2.00. The molecule has 5 nitrogen and oxygen atoms in total. The number of rotatable bonds is 3. The number of carboxylic acids is 1. The van der Waals surface area contributed by atoms with Crippen molar-refractivity contribution in [3.63, 3.8) is 0 Å². The van der Waals surface area contributed by atoms with E-state index in [4.69, 9.17) is 5.11 Å². The highest BCUT2D eigenvalue weighted by atomic mass is 16.4. The molecule has 0 aliphatic carbocycles. The van der Waals surface area contributed by atoms with E-state index in [2.05, 4.69) is 5.10 Å². The Hall–Kier alpha value is -2.30. The van der Waals surface area contributed by atoms with Gasteiger partial charge in [-0.05, 0) is 17.7 Å². The minimum absolute atomic E-state index is 0.153. The fourth-order valence-corrected chi connectivity index (χ4v) is 1.40. The van der Waals surface area contributed by atoms with Crippen LogP contribution < -0.4 is 0 Å². The van der Waals surface area contributed by atoms with Crippen LogP contribution >= 0.6 is 0 Å². The van der Waals surface area contributed by atoms with Crippen LogP contribution in [0.15, 0.2) is 36.7 Å². The van der Waals surface area contributed by atoms with Gasteiger partial charge in [0.2, 0.25) is 0 Å². The van der Waals surface area contributed by atoms with Crippen molar-refractivity contribution in [2.45, 2.75) is 6.54 Å². The summed E-state index contributed by atoms with van der Waals surface area (Å²) in [6, 6.07) is 6.76. The summed E-state index contributed by atoms with van der Waals surface area (Å²) in [6.07, 6.45) is 2.75. The Bertz CT molecular complexity index is 519. The van der Waals surface area contributed by atoms with Gasteiger partial charge in [0.05, 0.1) is 18.3 Å². The molecule has 82 valence electrons. The summed E-state index contributed by atoms with van der Waals surface area (Å²) in [7, 11) is 0. The van der Waals surface area contributed by atoms with Crippen molar-refractivity contribution >= 4 is 5.97 Å². The minimum atomic E-state index is -0.998. The van der Waals surface area contributed by atoms with Crippen molar-refractivity contribution in [2.75, 3.05) is 0 Å². The molecule has 2 aromatic rings. The van der Waals surface area contributed by atoms with Crippen LogP contribution in [0.25, 0.3) is 0 Å². The molecule has 0 aliphatic heterocycles. The molecule has 1 heterocycles. The lowest BCUT2D eigenvalue weighted by Gasteiger charge is -2.01. The summed E-state index contributed by atoms with van der Waals surface area (Å²) >= 11 is 0. The van der Waals surface area contributed by atoms with Crippen LogP contribution in [-0.2, 0) is 6.54 Å². The molecule has 1 aromatic heterocycles. The minimum Gasteiger partial charge on any atom is -0.508 e. The predicted molar refractivity (Wildman–Crippen MR) is 56.4 cm³/mol. The third-order valence-corrected chi connectivity index (χ3v) is 2.14. The monoisotopic (exact) mass is 218 g/mol. The third-order valence-electron chi connectivity index (χ3n) is 2.14. The first-order valence-electron chi connectivity index (χ1n) is 4.69. The SMILES string of the molecule is O=C(O)c1cnn(Cc2cccc(O)c2)c1. The summed E-state index contributed by atoms with van der Waals surface area (Å²) in [5.74, 6) is -0.815. The highest BCUT2D eigenvalue weighted by Gasteiger charge is 2.06. The number of aromatic hydroxyl groups is 1. The number of carboxylic acid groups (broad SMARTS) is 1. The molecule has 16 heavy (non-hydrogen) atoms. The zero-order valence-corrected chi connectivity index (χ0v) is 8.37. The van der Waals surface area contributed by atoms with Gasteiger partial charge in [-0.1, -0.05) is 12.1 Å². The summed E-state index contributed by atoms with van der Waals surface area (Å²) in [5, 5.41) is 21.9. The molecule has 2 N–H and O–H groups in total. The van der Waals surface area contributed by atoms with Gasteiger partial charge in [0.1, 0.15) is 5.75 Å². The highest BCUT2D eigenvalue weighted by molar-refractivity contribution is 5.86. The van der Waals surface area contributed by atoms with E-state index in [0.717, 1.165) is 5.56 Å². The fraction of sp³-hybridized carbons (Fsp3) is 0.0909. The number of phenols is 1. The molecule has 2 rings (SSSR count). The molecule has 0 fully saturated rings. The van der Waals surface area contributed by atoms with E-state index in [0.29, 0.717) is 6.54 Å². The van der Waals surface area contributed by atoms with Gasteiger partial charge in [-0.3, -0.25) is 4.68 Å². The number of aromatic nitrogens is 2. The highest BCUT2D eigenvalue weighted by Crippen LogP contribution is 2.12. The van der Waals surface area contributed by atoms with E-state index in [9.17, 15) is 9.90 Å². The Labute approximate surface area is 91.6 Å². The summed E-state index contributed by atoms with van der Waals surface area (Å²) in [4.78, 5) is 10.6. The van der Waals surface area contributed by atoms with Gasteiger partial charge in [0.15, 0.2) is 0 Å². The molecule has 0 atom stereocenters. The van der Waals surface area contributed by atoms with Gasteiger partial charge in [-0.2, -0.15) is 5.10 Å². The van der Waals surface area contributed by atoms with Crippen LogP contribution in [0.1, 0.15) is 15.9 Å². The van der Waals surface area contributed by atoms with Crippen molar-refractivity contribution in [1.82, 2.24) is 9.78 Å². The van der Waals surface area contributed by atoms with Gasteiger partial charge < -0.3 is 10.2 Å².